The third kappa shape index (κ3) is 3.39. The van der Waals surface area contributed by atoms with E-state index in [0.29, 0.717) is 30.4 Å². The second-order valence-electron chi connectivity index (χ2n) is 8.02. The number of hydrogen-bond donors (Lipinski definition) is 1. The van der Waals surface area contributed by atoms with Crippen molar-refractivity contribution in [3.05, 3.63) is 70.8 Å². The van der Waals surface area contributed by atoms with E-state index in [4.69, 9.17) is 4.74 Å². The minimum atomic E-state index is -0.771. The van der Waals surface area contributed by atoms with Crippen molar-refractivity contribution >= 4 is 34.3 Å². The maximum Gasteiger partial charge on any atom is 0.337 e. The minimum Gasteiger partial charge on any atom is -0.465 e. The average molecular weight is 490 g/mol. The lowest BCUT2D eigenvalue weighted by molar-refractivity contribution is 0.0282. The summed E-state index contributed by atoms with van der Waals surface area (Å²) in [6, 6.07) is 15.7. The maximum atomic E-state index is 13.0. The van der Waals surface area contributed by atoms with E-state index in [9.17, 15) is 14.7 Å². The summed E-state index contributed by atoms with van der Waals surface area (Å²) in [6.45, 7) is 0. The number of carbonyl (C=O) groups excluding carboxylic acids is 2. The zero-order chi connectivity index (χ0) is 19.9. The van der Waals surface area contributed by atoms with Crippen LogP contribution in [0.5, 0.6) is 0 Å². The Kier molecular flexibility index (Phi) is 5.08. The van der Waals surface area contributed by atoms with E-state index in [1.807, 2.05) is 24.3 Å². The van der Waals surface area contributed by atoms with E-state index >= 15 is 0 Å². The lowest BCUT2D eigenvalue weighted by Gasteiger charge is -2.51. The molecule has 0 bridgehead atoms. The minimum absolute atomic E-state index is 0.0449. The number of Topliss-reactive ketones (excluding diaryl/α,β-unsaturated/α-hetero) is 1. The summed E-state index contributed by atoms with van der Waals surface area (Å²) in [6.07, 6.45) is 3.32. The topological polar surface area (TPSA) is 63.6 Å². The SMILES string of the molecule is COC(=O)c1ccc2c(c1)C(=O)C[C@H]1C[C@@](O)(I)CC[C@@]21Cc1ccccc1. The molecule has 0 spiro atoms. The van der Waals surface area contributed by atoms with Crippen molar-refractivity contribution in [1.29, 1.82) is 0 Å². The zero-order valence-corrected chi connectivity index (χ0v) is 17.9. The van der Waals surface area contributed by atoms with E-state index in [1.54, 1.807) is 12.1 Å². The quantitative estimate of drug-likeness (QED) is 0.392. The van der Waals surface area contributed by atoms with Crippen molar-refractivity contribution in [3.63, 3.8) is 0 Å². The molecule has 1 saturated carbocycles. The summed E-state index contributed by atoms with van der Waals surface area (Å²) in [4.78, 5) is 25.0. The summed E-state index contributed by atoms with van der Waals surface area (Å²) in [5.41, 5.74) is 3.07. The van der Waals surface area contributed by atoms with Gasteiger partial charge in [0.1, 0.15) is 3.61 Å². The van der Waals surface area contributed by atoms with Gasteiger partial charge < -0.3 is 9.84 Å². The summed E-state index contributed by atoms with van der Waals surface area (Å²) < 4.78 is 4.06. The molecule has 2 aromatic rings. The molecule has 3 atom stereocenters. The molecule has 5 heteroatoms. The Hall–Kier alpha value is -1.73. The van der Waals surface area contributed by atoms with Crippen molar-refractivity contribution in [2.45, 2.75) is 41.1 Å². The molecule has 0 radical (unpaired) electrons. The van der Waals surface area contributed by atoms with Crippen molar-refractivity contribution < 1.29 is 19.4 Å². The number of ether oxygens (including phenoxy) is 1. The van der Waals surface area contributed by atoms with Crippen molar-refractivity contribution in [3.8, 4) is 0 Å². The summed E-state index contributed by atoms with van der Waals surface area (Å²) in [5, 5.41) is 10.7. The second kappa shape index (κ2) is 7.26. The van der Waals surface area contributed by atoms with E-state index in [1.165, 1.54) is 12.7 Å². The van der Waals surface area contributed by atoms with Crippen LogP contribution in [0.15, 0.2) is 48.5 Å². The first-order valence-electron chi connectivity index (χ1n) is 9.56. The molecule has 28 heavy (non-hydrogen) atoms. The van der Waals surface area contributed by atoms with Gasteiger partial charge in [-0.2, -0.15) is 0 Å². The van der Waals surface area contributed by atoms with Crippen LogP contribution in [0.1, 0.15) is 57.5 Å². The van der Waals surface area contributed by atoms with Crippen LogP contribution >= 0.6 is 22.6 Å². The fourth-order valence-electron chi connectivity index (χ4n) is 4.99. The lowest BCUT2D eigenvalue weighted by atomic mass is 9.54. The van der Waals surface area contributed by atoms with Crippen LogP contribution in [0.2, 0.25) is 0 Å². The maximum absolute atomic E-state index is 13.0. The van der Waals surface area contributed by atoms with Gasteiger partial charge in [-0.1, -0.05) is 36.4 Å². The Labute approximate surface area is 178 Å². The Balaban J connectivity index is 1.85. The van der Waals surface area contributed by atoms with E-state index in [-0.39, 0.29) is 17.1 Å². The van der Waals surface area contributed by atoms with Crippen LogP contribution in [-0.4, -0.2) is 27.6 Å². The number of esters is 1. The molecule has 0 aliphatic heterocycles. The molecule has 2 aromatic carbocycles. The van der Waals surface area contributed by atoms with Crippen molar-refractivity contribution in [1.82, 2.24) is 0 Å². The molecular weight excluding hydrogens is 467 g/mol. The highest BCUT2D eigenvalue weighted by Gasteiger charge is 2.52. The molecule has 0 saturated heterocycles. The normalized spacial score (nSPS) is 29.0. The summed E-state index contributed by atoms with van der Waals surface area (Å²) in [5.74, 6) is -0.309. The van der Waals surface area contributed by atoms with Crippen LogP contribution < -0.4 is 0 Å². The van der Waals surface area contributed by atoms with Crippen LogP contribution in [0, 0.1) is 5.92 Å². The van der Waals surface area contributed by atoms with Gasteiger partial charge in [0.05, 0.1) is 12.7 Å². The summed E-state index contributed by atoms with van der Waals surface area (Å²) in [7, 11) is 1.35. The molecule has 4 nitrogen and oxygen atoms in total. The van der Waals surface area contributed by atoms with Gasteiger partial charge in [0.15, 0.2) is 5.78 Å². The van der Waals surface area contributed by atoms with Crippen LogP contribution in [0.3, 0.4) is 0 Å². The molecule has 0 amide bonds. The van der Waals surface area contributed by atoms with Gasteiger partial charge in [-0.25, -0.2) is 4.79 Å². The zero-order valence-electron chi connectivity index (χ0n) is 15.8. The van der Waals surface area contributed by atoms with Gasteiger partial charge >= 0.3 is 5.97 Å². The standard InChI is InChI=1S/C23H23IO4/c1-28-21(26)16-7-8-19-18(11-16)20(25)12-17-14-23(24,27)10-9-22(17,19)13-15-5-3-2-4-6-15/h2-8,11,17,27H,9-10,12-14H2,1H3/t17-,22-,23+/m0/s1. The number of benzene rings is 2. The number of fused-ring (bicyclic) bond motifs is 3. The fourth-order valence-corrected chi connectivity index (χ4v) is 5.79. The molecule has 146 valence electrons. The first-order valence-corrected chi connectivity index (χ1v) is 10.6. The smallest absolute Gasteiger partial charge is 0.337 e. The first kappa shape index (κ1) is 19.6. The van der Waals surface area contributed by atoms with Crippen LogP contribution in [0.25, 0.3) is 0 Å². The van der Waals surface area contributed by atoms with Crippen molar-refractivity contribution in [2.24, 2.45) is 5.92 Å². The van der Waals surface area contributed by atoms with Crippen LogP contribution in [-0.2, 0) is 16.6 Å². The Morgan fingerprint density at radius 2 is 1.96 bits per heavy atom. The van der Waals surface area contributed by atoms with Crippen LogP contribution in [0.4, 0.5) is 0 Å². The van der Waals surface area contributed by atoms with Gasteiger partial charge in [0.25, 0.3) is 0 Å². The van der Waals surface area contributed by atoms with Gasteiger partial charge in [-0.15, -0.1) is 0 Å². The number of ketones is 1. The van der Waals surface area contributed by atoms with E-state index in [0.717, 1.165) is 18.4 Å². The van der Waals surface area contributed by atoms with E-state index < -0.39 is 9.58 Å². The fraction of sp³-hybridized carbons (Fsp3) is 0.391. The van der Waals surface area contributed by atoms with Crippen molar-refractivity contribution in [2.75, 3.05) is 7.11 Å². The third-order valence-corrected chi connectivity index (χ3v) is 7.35. The number of carbonyl (C=O) groups is 2. The molecule has 0 aromatic heterocycles. The highest BCUT2D eigenvalue weighted by atomic mass is 127. The molecule has 0 heterocycles. The number of alkyl halides is 1. The Morgan fingerprint density at radius 3 is 2.68 bits per heavy atom. The first-order chi connectivity index (χ1) is 13.3. The number of aliphatic hydroxyl groups is 1. The molecular formula is C23H23IO4. The summed E-state index contributed by atoms with van der Waals surface area (Å²) >= 11 is 2.13. The molecule has 2 aliphatic rings. The highest BCUT2D eigenvalue weighted by Crippen LogP contribution is 2.55. The largest absolute Gasteiger partial charge is 0.465 e. The molecule has 1 N–H and O–H groups in total. The molecule has 4 rings (SSSR count). The van der Waals surface area contributed by atoms with Gasteiger partial charge in [-0.05, 0) is 77.5 Å². The number of rotatable bonds is 3. The molecule has 0 unspecified atom stereocenters. The Morgan fingerprint density at radius 1 is 1.21 bits per heavy atom. The third-order valence-electron chi connectivity index (χ3n) is 6.37. The highest BCUT2D eigenvalue weighted by molar-refractivity contribution is 14.1. The Bertz CT molecular complexity index is 921. The number of methoxy groups -OCH3 is 1. The predicted octanol–water partition coefficient (Wildman–Crippen LogP) is 4.46. The molecule has 1 fully saturated rings. The molecule has 2 aliphatic carbocycles. The van der Waals surface area contributed by atoms with Gasteiger partial charge in [0, 0.05) is 17.4 Å². The number of halogens is 1. The number of hydrogen-bond acceptors (Lipinski definition) is 4. The lowest BCUT2D eigenvalue weighted by Crippen LogP contribution is -2.50. The predicted molar refractivity (Wildman–Crippen MR) is 115 cm³/mol. The average Bonchev–Trinajstić information content (AvgIpc) is 2.69. The van der Waals surface area contributed by atoms with Gasteiger partial charge in [0.2, 0.25) is 0 Å². The second-order valence-corrected chi connectivity index (χ2v) is 10.0. The van der Waals surface area contributed by atoms with Gasteiger partial charge in [-0.3, -0.25) is 4.79 Å². The van der Waals surface area contributed by atoms with E-state index in [2.05, 4.69) is 34.7 Å². The monoisotopic (exact) mass is 490 g/mol.